The molecule has 7 heteroatoms. The molecule has 0 atom stereocenters. The van der Waals surface area contributed by atoms with Crippen LogP contribution < -0.4 is 10.5 Å². The van der Waals surface area contributed by atoms with Crippen molar-refractivity contribution in [1.82, 2.24) is 14.7 Å². The number of aryl methyl sites for hydroxylation is 1. The van der Waals surface area contributed by atoms with Crippen LogP contribution in [0.2, 0.25) is 0 Å². The second kappa shape index (κ2) is 7.35. The molecule has 0 saturated heterocycles. The lowest BCUT2D eigenvalue weighted by Gasteiger charge is -2.07. The smallest absolute Gasteiger partial charge is 0.240 e. The van der Waals surface area contributed by atoms with Gasteiger partial charge in [0, 0.05) is 25.4 Å². The average molecular weight is 308 g/mol. The molecular weight excluding hydrogens is 288 g/mol. The van der Waals surface area contributed by atoms with Gasteiger partial charge in [-0.15, -0.1) is 0 Å². The van der Waals surface area contributed by atoms with Crippen LogP contribution in [0.15, 0.2) is 41.6 Å². The summed E-state index contributed by atoms with van der Waals surface area (Å²) in [5.74, 6) is 0.861. The first-order valence-electron chi connectivity index (χ1n) is 6.89. The van der Waals surface area contributed by atoms with Crippen molar-refractivity contribution in [3.63, 3.8) is 0 Å². The van der Waals surface area contributed by atoms with E-state index in [1.54, 1.807) is 36.7 Å². The summed E-state index contributed by atoms with van der Waals surface area (Å²) in [6.07, 6.45) is 5.59. The third-order valence-electron chi connectivity index (χ3n) is 3.10. The summed E-state index contributed by atoms with van der Waals surface area (Å²) in [7, 11) is -3.44. The molecular formula is C14H20N4O2S. The number of benzene rings is 1. The topological polar surface area (TPSA) is 101 Å². The standard InChI is InChI=1S/C14H20N4O2S/c15-8-7-12-3-5-13(6-4-12)21(19,20)18-9-1-2-14-16-10-11-17-14/h3-6,10-11,18H,1-2,7-9,15H2,(H,16,17). The number of hydrogen-bond acceptors (Lipinski definition) is 4. The van der Waals surface area contributed by atoms with E-state index in [9.17, 15) is 8.42 Å². The van der Waals surface area contributed by atoms with Crippen molar-refractivity contribution in [2.24, 2.45) is 5.73 Å². The molecule has 0 saturated carbocycles. The quantitative estimate of drug-likeness (QED) is 0.628. The Morgan fingerprint density at radius 3 is 2.57 bits per heavy atom. The van der Waals surface area contributed by atoms with Gasteiger partial charge in [-0.05, 0) is 37.1 Å². The molecule has 1 aromatic heterocycles. The Kier molecular flexibility index (Phi) is 5.49. The molecule has 6 nitrogen and oxygen atoms in total. The summed E-state index contributed by atoms with van der Waals surface area (Å²) in [6.45, 7) is 0.935. The molecule has 2 rings (SSSR count). The van der Waals surface area contributed by atoms with Gasteiger partial charge in [0.15, 0.2) is 0 Å². The van der Waals surface area contributed by atoms with Crippen LogP contribution in [0.1, 0.15) is 17.8 Å². The summed E-state index contributed by atoms with van der Waals surface area (Å²) < 4.78 is 26.8. The van der Waals surface area contributed by atoms with Gasteiger partial charge in [-0.1, -0.05) is 12.1 Å². The fourth-order valence-electron chi connectivity index (χ4n) is 1.98. The molecule has 0 fully saturated rings. The molecule has 1 heterocycles. The fourth-order valence-corrected chi connectivity index (χ4v) is 3.06. The zero-order valence-electron chi connectivity index (χ0n) is 11.7. The molecule has 4 N–H and O–H groups in total. The highest BCUT2D eigenvalue weighted by Crippen LogP contribution is 2.10. The normalized spacial score (nSPS) is 11.7. The third kappa shape index (κ3) is 4.66. The highest BCUT2D eigenvalue weighted by atomic mass is 32.2. The van der Waals surface area contributed by atoms with E-state index in [1.807, 2.05) is 0 Å². The molecule has 2 aromatic rings. The molecule has 0 amide bonds. The summed E-state index contributed by atoms with van der Waals surface area (Å²) >= 11 is 0. The van der Waals surface area contributed by atoms with Gasteiger partial charge < -0.3 is 10.7 Å². The van der Waals surface area contributed by atoms with E-state index in [-0.39, 0.29) is 4.90 Å². The Labute approximate surface area is 124 Å². The van der Waals surface area contributed by atoms with Crippen molar-refractivity contribution in [1.29, 1.82) is 0 Å². The van der Waals surface area contributed by atoms with E-state index in [0.29, 0.717) is 25.9 Å². The van der Waals surface area contributed by atoms with Crippen LogP contribution in [-0.2, 0) is 22.9 Å². The first-order chi connectivity index (χ1) is 10.1. The van der Waals surface area contributed by atoms with Gasteiger partial charge >= 0.3 is 0 Å². The molecule has 0 unspecified atom stereocenters. The van der Waals surface area contributed by atoms with Crippen LogP contribution in [0, 0.1) is 0 Å². The Morgan fingerprint density at radius 2 is 1.95 bits per heavy atom. The summed E-state index contributed by atoms with van der Waals surface area (Å²) in [5, 5.41) is 0. The predicted molar refractivity (Wildman–Crippen MR) is 81.3 cm³/mol. The van der Waals surface area contributed by atoms with Crippen LogP contribution in [-0.4, -0.2) is 31.5 Å². The minimum Gasteiger partial charge on any atom is -0.349 e. The molecule has 0 aliphatic carbocycles. The second-order valence-corrected chi connectivity index (χ2v) is 6.49. The molecule has 114 valence electrons. The Morgan fingerprint density at radius 1 is 1.19 bits per heavy atom. The molecule has 21 heavy (non-hydrogen) atoms. The van der Waals surface area contributed by atoms with Gasteiger partial charge in [-0.25, -0.2) is 18.1 Å². The maximum absolute atomic E-state index is 12.1. The number of aromatic nitrogens is 2. The zero-order chi connectivity index (χ0) is 15.1. The van der Waals surface area contributed by atoms with Crippen molar-refractivity contribution in [2.75, 3.05) is 13.1 Å². The highest BCUT2D eigenvalue weighted by Gasteiger charge is 2.12. The van der Waals surface area contributed by atoms with Crippen molar-refractivity contribution in [3.05, 3.63) is 48.0 Å². The monoisotopic (exact) mass is 308 g/mol. The number of nitrogens with zero attached hydrogens (tertiary/aromatic N) is 1. The number of nitrogens with one attached hydrogen (secondary N) is 2. The lowest BCUT2D eigenvalue weighted by atomic mass is 10.2. The van der Waals surface area contributed by atoms with E-state index in [1.165, 1.54) is 0 Å². The van der Waals surface area contributed by atoms with Gasteiger partial charge in [0.05, 0.1) is 4.90 Å². The predicted octanol–water partition coefficient (Wildman–Crippen LogP) is 0.822. The van der Waals surface area contributed by atoms with Gasteiger partial charge in [0.2, 0.25) is 10.0 Å². The van der Waals surface area contributed by atoms with Gasteiger partial charge in [0.1, 0.15) is 5.82 Å². The molecule has 1 aromatic carbocycles. The van der Waals surface area contributed by atoms with Crippen LogP contribution in [0.3, 0.4) is 0 Å². The van der Waals surface area contributed by atoms with E-state index >= 15 is 0 Å². The van der Waals surface area contributed by atoms with Crippen molar-refractivity contribution in [3.8, 4) is 0 Å². The largest absolute Gasteiger partial charge is 0.349 e. The van der Waals surface area contributed by atoms with Crippen LogP contribution in [0.25, 0.3) is 0 Å². The maximum atomic E-state index is 12.1. The van der Waals surface area contributed by atoms with E-state index in [4.69, 9.17) is 5.73 Å². The van der Waals surface area contributed by atoms with E-state index in [2.05, 4.69) is 14.7 Å². The van der Waals surface area contributed by atoms with Crippen LogP contribution in [0.5, 0.6) is 0 Å². The second-order valence-electron chi connectivity index (χ2n) is 4.72. The number of rotatable bonds is 8. The summed E-state index contributed by atoms with van der Waals surface area (Å²) in [5.41, 5.74) is 6.50. The Hall–Kier alpha value is -1.70. The number of hydrogen-bond donors (Lipinski definition) is 3. The zero-order valence-corrected chi connectivity index (χ0v) is 12.6. The number of aromatic amines is 1. The summed E-state index contributed by atoms with van der Waals surface area (Å²) in [6, 6.07) is 6.81. The Balaban J connectivity index is 1.85. The molecule has 0 aliphatic heterocycles. The minimum absolute atomic E-state index is 0.279. The lowest BCUT2D eigenvalue weighted by Crippen LogP contribution is -2.25. The highest BCUT2D eigenvalue weighted by molar-refractivity contribution is 7.89. The Bertz CT molecular complexity index is 636. The van der Waals surface area contributed by atoms with Crippen molar-refractivity contribution >= 4 is 10.0 Å². The molecule has 0 spiro atoms. The average Bonchev–Trinajstić information content (AvgIpc) is 2.98. The number of H-pyrrole nitrogens is 1. The first-order valence-corrected chi connectivity index (χ1v) is 8.37. The number of nitrogens with two attached hydrogens (primary N) is 1. The van der Waals surface area contributed by atoms with Gasteiger partial charge in [-0.3, -0.25) is 0 Å². The van der Waals surface area contributed by atoms with Crippen LogP contribution >= 0.6 is 0 Å². The molecule has 0 bridgehead atoms. The maximum Gasteiger partial charge on any atom is 0.240 e. The number of sulfonamides is 1. The molecule has 0 radical (unpaired) electrons. The lowest BCUT2D eigenvalue weighted by molar-refractivity contribution is 0.578. The van der Waals surface area contributed by atoms with E-state index in [0.717, 1.165) is 17.8 Å². The van der Waals surface area contributed by atoms with Crippen LogP contribution in [0.4, 0.5) is 0 Å². The van der Waals surface area contributed by atoms with Crippen molar-refractivity contribution < 1.29 is 8.42 Å². The fraction of sp³-hybridized carbons (Fsp3) is 0.357. The van der Waals surface area contributed by atoms with Gasteiger partial charge in [0.25, 0.3) is 0 Å². The van der Waals surface area contributed by atoms with Crippen molar-refractivity contribution in [2.45, 2.75) is 24.2 Å². The molecule has 0 aliphatic rings. The van der Waals surface area contributed by atoms with Gasteiger partial charge in [-0.2, -0.15) is 0 Å². The van der Waals surface area contributed by atoms with E-state index < -0.39 is 10.0 Å². The minimum atomic E-state index is -3.44. The number of imidazole rings is 1. The SMILES string of the molecule is NCCc1ccc(S(=O)(=O)NCCCc2ncc[nH]2)cc1. The first kappa shape index (κ1) is 15.7. The summed E-state index contributed by atoms with van der Waals surface area (Å²) in [4.78, 5) is 7.36. The third-order valence-corrected chi connectivity index (χ3v) is 4.58.